The average molecular weight is 283 g/mol. The Kier molecular flexibility index (Phi) is 6.07. The smallest absolute Gasteiger partial charge is 0.268 e. The Bertz CT molecular complexity index is 454. The predicted molar refractivity (Wildman–Crippen MR) is 68.3 cm³/mol. The van der Waals surface area contributed by atoms with E-state index in [-0.39, 0.29) is 0 Å². The van der Waals surface area contributed by atoms with E-state index in [1.165, 1.54) is 5.48 Å². The van der Waals surface area contributed by atoms with Crippen LogP contribution in [-0.2, 0) is 9.59 Å². The Hall–Kier alpha value is -2.00. The molecule has 0 aliphatic heterocycles. The average Bonchev–Trinajstić information content (AvgIpc) is 2.50. The Balaban J connectivity index is 2.69. The van der Waals surface area contributed by atoms with Gasteiger partial charge in [-0.3, -0.25) is 14.8 Å². The van der Waals surface area contributed by atoms with Gasteiger partial charge in [-0.25, -0.2) is 5.48 Å². The van der Waals surface area contributed by atoms with Gasteiger partial charge >= 0.3 is 0 Å². The number of benzene rings is 1. The molecule has 2 amide bonds. The molecule has 0 bridgehead atoms. The highest BCUT2D eigenvalue weighted by Crippen LogP contribution is 2.13. The van der Waals surface area contributed by atoms with Crippen LogP contribution in [-0.4, -0.2) is 46.0 Å². The first-order valence-corrected chi connectivity index (χ1v) is 5.85. The zero-order valence-electron chi connectivity index (χ0n) is 10.6. The number of carbonyl (C=O) groups is 2. The fourth-order valence-electron chi connectivity index (χ4n) is 1.55. The number of nitrogens with two attached hydrogens (primary N) is 1. The molecule has 0 spiro atoms. The van der Waals surface area contributed by atoms with E-state index in [9.17, 15) is 14.7 Å². The summed E-state index contributed by atoms with van der Waals surface area (Å²) in [6, 6.07) is 6.11. The molecule has 0 unspecified atom stereocenters. The van der Waals surface area contributed by atoms with Crippen LogP contribution in [0, 0.1) is 0 Å². The van der Waals surface area contributed by atoms with Crippen molar-refractivity contribution in [1.82, 2.24) is 10.8 Å². The van der Waals surface area contributed by atoms with Crippen molar-refractivity contribution < 1.29 is 25.0 Å². The van der Waals surface area contributed by atoms with E-state index in [0.717, 1.165) is 0 Å². The second-order valence-electron chi connectivity index (χ2n) is 4.10. The van der Waals surface area contributed by atoms with E-state index in [0.29, 0.717) is 5.56 Å². The topological polar surface area (TPSA) is 145 Å². The van der Waals surface area contributed by atoms with Gasteiger partial charge in [-0.2, -0.15) is 0 Å². The lowest BCUT2D eigenvalue weighted by atomic mass is 10.0. The fraction of sp³-hybridized carbons (Fsp3) is 0.333. The maximum absolute atomic E-state index is 11.7. The normalized spacial score (nSPS) is 15.0. The Morgan fingerprint density at radius 1 is 1.20 bits per heavy atom. The number of rotatable bonds is 6. The third-order valence-corrected chi connectivity index (χ3v) is 2.72. The van der Waals surface area contributed by atoms with E-state index >= 15 is 0 Å². The summed E-state index contributed by atoms with van der Waals surface area (Å²) in [7, 11) is 0. The summed E-state index contributed by atoms with van der Waals surface area (Å²) < 4.78 is 0. The first kappa shape index (κ1) is 16.1. The molecule has 0 saturated carbocycles. The Morgan fingerprint density at radius 3 is 2.30 bits per heavy atom. The predicted octanol–water partition coefficient (Wildman–Crippen LogP) is -1.97. The number of hydrogen-bond donors (Lipinski definition) is 6. The third-order valence-electron chi connectivity index (χ3n) is 2.72. The Morgan fingerprint density at radius 2 is 1.80 bits per heavy atom. The van der Waals surface area contributed by atoms with Crippen molar-refractivity contribution in [2.24, 2.45) is 5.73 Å². The van der Waals surface area contributed by atoms with Gasteiger partial charge in [0.25, 0.3) is 11.8 Å². The largest absolute Gasteiger partial charge is 0.394 e. The van der Waals surface area contributed by atoms with Crippen LogP contribution < -0.4 is 16.5 Å². The highest BCUT2D eigenvalue weighted by Gasteiger charge is 2.28. The second kappa shape index (κ2) is 7.56. The van der Waals surface area contributed by atoms with Crippen molar-refractivity contribution in [2.75, 3.05) is 6.61 Å². The zero-order valence-corrected chi connectivity index (χ0v) is 10.6. The van der Waals surface area contributed by atoms with Gasteiger partial charge < -0.3 is 21.3 Å². The number of hydroxylamine groups is 1. The quantitative estimate of drug-likeness (QED) is 0.264. The lowest BCUT2D eigenvalue weighted by molar-refractivity contribution is -0.139. The summed E-state index contributed by atoms with van der Waals surface area (Å²) in [5.74, 6) is -1.93. The van der Waals surface area contributed by atoms with E-state index in [2.05, 4.69) is 5.32 Å². The van der Waals surface area contributed by atoms with Crippen LogP contribution in [0.15, 0.2) is 30.3 Å². The molecule has 20 heavy (non-hydrogen) atoms. The minimum atomic E-state index is -1.60. The van der Waals surface area contributed by atoms with Crippen LogP contribution in [0.25, 0.3) is 0 Å². The molecule has 0 heterocycles. The number of carbonyl (C=O) groups excluding carboxylic acids is 2. The first-order valence-electron chi connectivity index (χ1n) is 5.85. The van der Waals surface area contributed by atoms with Gasteiger partial charge in [0.1, 0.15) is 6.04 Å². The maximum atomic E-state index is 11.7. The monoisotopic (exact) mass is 283 g/mol. The number of nitrogens with one attached hydrogen (secondary N) is 2. The van der Waals surface area contributed by atoms with Crippen LogP contribution >= 0.6 is 0 Å². The minimum absolute atomic E-state index is 0.544. The van der Waals surface area contributed by atoms with Crippen molar-refractivity contribution in [3.8, 4) is 0 Å². The summed E-state index contributed by atoms with van der Waals surface area (Å²) in [5.41, 5.74) is 7.58. The van der Waals surface area contributed by atoms with Crippen LogP contribution in [0.5, 0.6) is 0 Å². The molecule has 0 radical (unpaired) electrons. The second-order valence-corrected chi connectivity index (χ2v) is 4.10. The number of aliphatic hydroxyl groups excluding tert-OH is 2. The van der Waals surface area contributed by atoms with Crippen LogP contribution in [0.2, 0.25) is 0 Å². The maximum Gasteiger partial charge on any atom is 0.268 e. The standard InChI is InChI=1S/C12H17N3O5/c13-9(7-4-2-1-3-5-7)10(17)12(19)14-8(6-16)11(18)15-20/h1-5,8-10,16-17,20H,6,13H2,(H,14,19)(H,15,18)/t8-,9-,10+/m0/s1. The molecule has 0 aromatic heterocycles. The molecular formula is C12H17N3O5. The molecule has 0 saturated heterocycles. The van der Waals surface area contributed by atoms with Gasteiger partial charge in [0.15, 0.2) is 6.10 Å². The lowest BCUT2D eigenvalue weighted by Crippen LogP contribution is -2.52. The zero-order chi connectivity index (χ0) is 15.1. The van der Waals surface area contributed by atoms with Gasteiger partial charge in [0, 0.05) is 0 Å². The fourth-order valence-corrected chi connectivity index (χ4v) is 1.55. The molecule has 1 aromatic rings. The van der Waals surface area contributed by atoms with Gasteiger partial charge in [0.05, 0.1) is 12.6 Å². The summed E-state index contributed by atoms with van der Waals surface area (Å²) in [6.45, 7) is -0.731. The number of hydrogen-bond acceptors (Lipinski definition) is 6. The minimum Gasteiger partial charge on any atom is -0.394 e. The van der Waals surface area contributed by atoms with E-state index in [4.69, 9.17) is 16.0 Å². The molecule has 7 N–H and O–H groups in total. The summed E-state index contributed by atoms with van der Waals surface area (Å²) in [6.07, 6.45) is -1.60. The molecule has 110 valence electrons. The summed E-state index contributed by atoms with van der Waals surface area (Å²) in [5, 5.41) is 29.2. The van der Waals surface area contributed by atoms with E-state index < -0.39 is 36.6 Å². The molecule has 8 heteroatoms. The van der Waals surface area contributed by atoms with Crippen molar-refractivity contribution >= 4 is 11.8 Å². The lowest BCUT2D eigenvalue weighted by Gasteiger charge is -2.21. The molecule has 3 atom stereocenters. The van der Waals surface area contributed by atoms with E-state index in [1.807, 2.05) is 0 Å². The highest BCUT2D eigenvalue weighted by atomic mass is 16.5. The molecule has 8 nitrogen and oxygen atoms in total. The van der Waals surface area contributed by atoms with Gasteiger partial charge in [-0.1, -0.05) is 30.3 Å². The molecule has 0 aliphatic carbocycles. The molecule has 0 fully saturated rings. The number of aliphatic hydroxyl groups is 2. The summed E-state index contributed by atoms with van der Waals surface area (Å²) in [4.78, 5) is 22.8. The van der Waals surface area contributed by atoms with Crippen LogP contribution in [0.1, 0.15) is 11.6 Å². The first-order chi connectivity index (χ1) is 9.51. The Labute approximate surface area is 115 Å². The number of amides is 2. The van der Waals surface area contributed by atoms with Gasteiger partial charge in [-0.05, 0) is 5.56 Å². The highest BCUT2D eigenvalue weighted by molar-refractivity contribution is 5.89. The van der Waals surface area contributed by atoms with Crippen molar-refractivity contribution in [2.45, 2.75) is 18.2 Å². The van der Waals surface area contributed by atoms with E-state index in [1.54, 1.807) is 30.3 Å². The van der Waals surface area contributed by atoms with Crippen LogP contribution in [0.4, 0.5) is 0 Å². The SMILES string of the molecule is N[C@@H](c1ccccc1)[C@@H](O)C(=O)N[C@@H](CO)C(=O)NO. The molecule has 1 aromatic carbocycles. The van der Waals surface area contributed by atoms with Crippen molar-refractivity contribution in [3.63, 3.8) is 0 Å². The molecule has 0 aliphatic rings. The van der Waals surface area contributed by atoms with Crippen LogP contribution in [0.3, 0.4) is 0 Å². The van der Waals surface area contributed by atoms with Gasteiger partial charge in [0.2, 0.25) is 0 Å². The van der Waals surface area contributed by atoms with Crippen molar-refractivity contribution in [3.05, 3.63) is 35.9 Å². The van der Waals surface area contributed by atoms with Gasteiger partial charge in [-0.15, -0.1) is 0 Å². The molecule has 1 rings (SSSR count). The third kappa shape index (κ3) is 4.00. The summed E-state index contributed by atoms with van der Waals surface area (Å²) >= 11 is 0. The van der Waals surface area contributed by atoms with Crippen molar-refractivity contribution in [1.29, 1.82) is 0 Å². The molecular weight excluding hydrogens is 266 g/mol.